The maximum Gasteiger partial charge on any atom is 0.346 e. The van der Waals surface area contributed by atoms with Crippen LogP contribution in [0.1, 0.15) is 31.5 Å². The van der Waals surface area contributed by atoms with E-state index in [0.29, 0.717) is 13.1 Å². The van der Waals surface area contributed by atoms with Gasteiger partial charge in [-0.15, -0.1) is 11.8 Å². The molecule has 4 rings (SSSR count). The van der Waals surface area contributed by atoms with Crippen molar-refractivity contribution < 1.29 is 4.79 Å². The fourth-order valence-corrected chi connectivity index (χ4v) is 4.52. The molecule has 0 aliphatic carbocycles. The Morgan fingerprint density at radius 1 is 1.12 bits per heavy atom. The topological polar surface area (TPSA) is 60.1 Å². The van der Waals surface area contributed by atoms with Gasteiger partial charge in [0.05, 0.1) is 5.69 Å². The number of carbonyl (C=O) groups is 1. The second-order valence-electron chi connectivity index (χ2n) is 6.53. The number of benzene rings is 1. The van der Waals surface area contributed by atoms with Gasteiger partial charge in [0.2, 0.25) is 5.91 Å². The predicted molar refractivity (Wildman–Crippen MR) is 98.2 cm³/mol. The first kappa shape index (κ1) is 16.4. The molecule has 7 heteroatoms. The van der Waals surface area contributed by atoms with E-state index in [1.807, 2.05) is 23.1 Å². The average Bonchev–Trinajstić information content (AvgIpc) is 2.85. The fraction of sp³-hybridized carbons (Fsp3) is 0.500. The molecular formula is C18H22N4O2S. The van der Waals surface area contributed by atoms with E-state index in [1.54, 1.807) is 16.3 Å². The summed E-state index contributed by atoms with van der Waals surface area (Å²) in [6.07, 6.45) is 4.95. The zero-order chi connectivity index (χ0) is 17.2. The van der Waals surface area contributed by atoms with Gasteiger partial charge in [0, 0.05) is 24.4 Å². The summed E-state index contributed by atoms with van der Waals surface area (Å²) in [4.78, 5) is 28.4. The second kappa shape index (κ2) is 7.07. The van der Waals surface area contributed by atoms with Crippen LogP contribution in [0.3, 0.4) is 0 Å². The van der Waals surface area contributed by atoms with Crippen LogP contribution in [0.2, 0.25) is 0 Å². The van der Waals surface area contributed by atoms with E-state index in [-0.39, 0.29) is 18.1 Å². The van der Waals surface area contributed by atoms with Crippen molar-refractivity contribution in [1.29, 1.82) is 0 Å². The molecule has 1 aromatic carbocycles. The van der Waals surface area contributed by atoms with E-state index < -0.39 is 0 Å². The van der Waals surface area contributed by atoms with Gasteiger partial charge in [-0.1, -0.05) is 18.6 Å². The summed E-state index contributed by atoms with van der Waals surface area (Å²) in [6.45, 7) is 1.41. The number of rotatable bonds is 2. The summed E-state index contributed by atoms with van der Waals surface area (Å²) < 4.78 is 3.09. The number of aryl methyl sites for hydroxylation is 1. The Kier molecular flexibility index (Phi) is 4.65. The van der Waals surface area contributed by atoms with Gasteiger partial charge in [-0.05, 0) is 37.1 Å². The summed E-state index contributed by atoms with van der Waals surface area (Å²) in [6, 6.07) is 7.99. The van der Waals surface area contributed by atoms with Crippen LogP contribution in [0.25, 0.3) is 0 Å². The molecule has 3 heterocycles. The number of amides is 1. The van der Waals surface area contributed by atoms with Gasteiger partial charge in [0.1, 0.15) is 12.4 Å². The molecule has 1 amide bonds. The molecule has 0 N–H and O–H groups in total. The highest BCUT2D eigenvalue weighted by molar-refractivity contribution is 7.99. The molecule has 0 radical (unpaired) electrons. The van der Waals surface area contributed by atoms with Crippen molar-refractivity contribution in [3.63, 3.8) is 0 Å². The van der Waals surface area contributed by atoms with Crippen LogP contribution in [0.5, 0.6) is 0 Å². The lowest BCUT2D eigenvalue weighted by atomic mass is 10.2. The summed E-state index contributed by atoms with van der Waals surface area (Å²) in [5, 5.41) is 4.44. The molecule has 25 heavy (non-hydrogen) atoms. The Balaban J connectivity index is 1.60. The zero-order valence-corrected chi connectivity index (χ0v) is 15.0. The Labute approximate surface area is 150 Å². The Bertz CT molecular complexity index is 842. The monoisotopic (exact) mass is 358 g/mol. The first-order chi connectivity index (χ1) is 12.2. The molecule has 0 spiro atoms. The third-order valence-corrected chi connectivity index (χ3v) is 5.96. The minimum absolute atomic E-state index is 0.0117. The average molecular weight is 358 g/mol. The third-order valence-electron chi connectivity index (χ3n) is 4.81. The van der Waals surface area contributed by atoms with E-state index in [9.17, 15) is 9.59 Å². The molecule has 0 saturated heterocycles. The number of thioether (sulfide) groups is 1. The van der Waals surface area contributed by atoms with Gasteiger partial charge < -0.3 is 4.90 Å². The second-order valence-corrected chi connectivity index (χ2v) is 7.67. The summed E-state index contributed by atoms with van der Waals surface area (Å²) >= 11 is 1.78. The molecule has 2 aliphatic heterocycles. The maximum absolute atomic E-state index is 12.9. The van der Waals surface area contributed by atoms with Crippen LogP contribution in [0.15, 0.2) is 34.0 Å². The number of anilines is 1. The van der Waals surface area contributed by atoms with Crippen LogP contribution in [0.4, 0.5) is 5.69 Å². The van der Waals surface area contributed by atoms with E-state index in [4.69, 9.17) is 0 Å². The number of para-hydroxylation sites is 1. The largest absolute Gasteiger partial charge is 0.346 e. The minimum Gasteiger partial charge on any atom is -0.310 e. The molecule has 0 unspecified atom stereocenters. The highest BCUT2D eigenvalue weighted by Gasteiger charge is 2.24. The van der Waals surface area contributed by atoms with Crippen molar-refractivity contribution in [3.05, 3.63) is 40.6 Å². The van der Waals surface area contributed by atoms with Crippen LogP contribution in [-0.2, 0) is 24.3 Å². The van der Waals surface area contributed by atoms with Crippen LogP contribution in [0, 0.1) is 0 Å². The Morgan fingerprint density at radius 2 is 2.00 bits per heavy atom. The highest BCUT2D eigenvalue weighted by Crippen LogP contribution is 2.33. The SMILES string of the molecule is O=C(Cn1nc2n(c1=O)CCCCC2)N1CCCSc2ccccc21. The van der Waals surface area contributed by atoms with Crippen molar-refractivity contribution in [2.75, 3.05) is 17.2 Å². The molecule has 2 aromatic rings. The van der Waals surface area contributed by atoms with Crippen molar-refractivity contribution in [1.82, 2.24) is 14.3 Å². The smallest absolute Gasteiger partial charge is 0.310 e. The molecule has 0 bridgehead atoms. The van der Waals surface area contributed by atoms with E-state index in [2.05, 4.69) is 11.2 Å². The summed E-state index contributed by atoms with van der Waals surface area (Å²) in [5.41, 5.74) is 0.798. The first-order valence-electron chi connectivity index (χ1n) is 8.93. The van der Waals surface area contributed by atoms with Crippen molar-refractivity contribution in [2.45, 2.75) is 50.1 Å². The molecule has 2 aliphatic rings. The number of hydrogen-bond donors (Lipinski definition) is 0. The van der Waals surface area contributed by atoms with Gasteiger partial charge in [-0.3, -0.25) is 9.36 Å². The third kappa shape index (κ3) is 3.25. The molecule has 0 atom stereocenters. The van der Waals surface area contributed by atoms with Gasteiger partial charge in [0.25, 0.3) is 0 Å². The normalized spacial score (nSPS) is 17.4. The van der Waals surface area contributed by atoms with E-state index in [0.717, 1.165) is 54.3 Å². The number of carbonyl (C=O) groups excluding carboxylic acids is 1. The standard InChI is InChI=1S/C18H22N4O2S/c23-17(20-11-6-12-25-15-8-4-3-7-14(15)20)13-22-18(24)21-10-5-1-2-9-16(21)19-22/h3-4,7-8H,1-2,5-6,9-13H2. The Hall–Kier alpha value is -2.02. The van der Waals surface area contributed by atoms with Gasteiger partial charge in [0.15, 0.2) is 0 Å². The van der Waals surface area contributed by atoms with Crippen molar-refractivity contribution in [2.24, 2.45) is 0 Å². The van der Waals surface area contributed by atoms with Gasteiger partial charge in [-0.2, -0.15) is 5.10 Å². The van der Waals surface area contributed by atoms with Crippen molar-refractivity contribution in [3.8, 4) is 0 Å². The zero-order valence-electron chi connectivity index (χ0n) is 14.2. The summed E-state index contributed by atoms with van der Waals surface area (Å²) in [5.74, 6) is 1.76. The van der Waals surface area contributed by atoms with Gasteiger partial charge in [-0.25, -0.2) is 9.48 Å². The molecule has 0 fully saturated rings. The quantitative estimate of drug-likeness (QED) is 0.826. The van der Waals surface area contributed by atoms with Crippen LogP contribution < -0.4 is 10.6 Å². The summed E-state index contributed by atoms with van der Waals surface area (Å²) in [7, 11) is 0. The lowest BCUT2D eigenvalue weighted by Crippen LogP contribution is -2.38. The lowest BCUT2D eigenvalue weighted by Gasteiger charge is -2.22. The lowest BCUT2D eigenvalue weighted by molar-refractivity contribution is -0.119. The number of fused-ring (bicyclic) bond motifs is 2. The van der Waals surface area contributed by atoms with E-state index in [1.165, 1.54) is 4.68 Å². The molecule has 1 aromatic heterocycles. The highest BCUT2D eigenvalue weighted by atomic mass is 32.2. The predicted octanol–water partition coefficient (Wildman–Crippen LogP) is 2.30. The van der Waals surface area contributed by atoms with Gasteiger partial charge >= 0.3 is 5.69 Å². The first-order valence-corrected chi connectivity index (χ1v) is 9.91. The number of hydrogen-bond acceptors (Lipinski definition) is 4. The maximum atomic E-state index is 12.9. The molecular weight excluding hydrogens is 336 g/mol. The Morgan fingerprint density at radius 3 is 2.92 bits per heavy atom. The van der Waals surface area contributed by atoms with Crippen LogP contribution >= 0.6 is 11.8 Å². The van der Waals surface area contributed by atoms with E-state index >= 15 is 0 Å². The van der Waals surface area contributed by atoms with Crippen molar-refractivity contribution >= 4 is 23.4 Å². The molecule has 132 valence electrons. The molecule has 0 saturated carbocycles. The fourth-order valence-electron chi connectivity index (χ4n) is 3.53. The van der Waals surface area contributed by atoms with Crippen LogP contribution in [-0.4, -0.2) is 32.6 Å². The molecule has 6 nitrogen and oxygen atoms in total. The number of aromatic nitrogens is 3. The minimum atomic E-state index is -0.150. The number of nitrogens with zero attached hydrogens (tertiary/aromatic N) is 4.